The molecule has 0 unspecified atom stereocenters. The van der Waals surface area contributed by atoms with E-state index in [1.165, 1.54) is 4.68 Å². The number of halogens is 1. The van der Waals surface area contributed by atoms with Crippen molar-refractivity contribution >= 4 is 27.7 Å². The first-order chi connectivity index (χ1) is 9.91. The van der Waals surface area contributed by atoms with Gasteiger partial charge in [-0.1, -0.05) is 0 Å². The van der Waals surface area contributed by atoms with Crippen molar-refractivity contribution in [3.05, 3.63) is 20.3 Å². The zero-order valence-electron chi connectivity index (χ0n) is 11.8. The molecule has 1 saturated heterocycles. The Morgan fingerprint density at radius 1 is 1.71 bits per heavy atom. The normalized spacial score (nSPS) is 19.5. The summed E-state index contributed by atoms with van der Waals surface area (Å²) in [6.45, 7) is 4.51. The number of carbonyl (C=O) groups excluding carboxylic acids is 1. The summed E-state index contributed by atoms with van der Waals surface area (Å²) in [6, 6.07) is -0.628. The van der Waals surface area contributed by atoms with Gasteiger partial charge in [0.1, 0.15) is 10.5 Å². The molecule has 2 atom stereocenters. The summed E-state index contributed by atoms with van der Waals surface area (Å²) < 4.78 is 7.08. The summed E-state index contributed by atoms with van der Waals surface area (Å²) in [4.78, 5) is 22.4. The molecule has 21 heavy (non-hydrogen) atoms. The lowest BCUT2D eigenvalue weighted by atomic mass is 10.2. The molecule has 0 spiro atoms. The molecule has 0 radical (unpaired) electrons. The third kappa shape index (κ3) is 3.41. The van der Waals surface area contributed by atoms with E-state index in [4.69, 9.17) is 4.74 Å². The van der Waals surface area contributed by atoms with E-state index >= 15 is 0 Å². The van der Waals surface area contributed by atoms with Crippen LogP contribution in [0.5, 0.6) is 0 Å². The molecule has 9 heteroatoms. The van der Waals surface area contributed by atoms with E-state index in [0.717, 1.165) is 19.4 Å². The lowest BCUT2D eigenvalue weighted by molar-refractivity contribution is -0.390. The monoisotopic (exact) mass is 360 g/mol. The van der Waals surface area contributed by atoms with Gasteiger partial charge in [-0.25, -0.2) is 0 Å². The fraction of sp³-hybridized carbons (Fsp3) is 0.667. The summed E-state index contributed by atoms with van der Waals surface area (Å²) in [6.07, 6.45) is 2.00. The molecule has 1 amide bonds. The van der Waals surface area contributed by atoms with Gasteiger partial charge in [0.15, 0.2) is 0 Å². The lowest BCUT2D eigenvalue weighted by Crippen LogP contribution is -2.36. The van der Waals surface area contributed by atoms with E-state index < -0.39 is 11.0 Å². The summed E-state index contributed by atoms with van der Waals surface area (Å²) in [7, 11) is 0. The van der Waals surface area contributed by atoms with Crippen LogP contribution in [0.3, 0.4) is 0 Å². The van der Waals surface area contributed by atoms with Crippen LogP contribution in [-0.4, -0.2) is 39.9 Å². The molecule has 116 valence electrons. The predicted molar refractivity (Wildman–Crippen MR) is 78.0 cm³/mol. The van der Waals surface area contributed by atoms with Gasteiger partial charge in [0.2, 0.25) is 5.91 Å². The van der Waals surface area contributed by atoms with Gasteiger partial charge in [-0.2, -0.15) is 4.68 Å². The van der Waals surface area contributed by atoms with Gasteiger partial charge in [0, 0.05) is 13.2 Å². The van der Waals surface area contributed by atoms with Crippen molar-refractivity contribution in [2.24, 2.45) is 0 Å². The summed E-state index contributed by atoms with van der Waals surface area (Å²) in [5.74, 6) is -0.523. The lowest BCUT2D eigenvalue weighted by Gasteiger charge is -2.14. The van der Waals surface area contributed by atoms with Crippen LogP contribution in [-0.2, 0) is 9.53 Å². The van der Waals surface area contributed by atoms with Gasteiger partial charge in [-0.3, -0.25) is 4.79 Å². The number of aromatic nitrogens is 2. The summed E-state index contributed by atoms with van der Waals surface area (Å²) in [5, 5.41) is 17.5. The number of nitrogens with zero attached hydrogens (tertiary/aromatic N) is 3. The van der Waals surface area contributed by atoms with Gasteiger partial charge < -0.3 is 20.2 Å². The minimum absolute atomic E-state index is 0.0564. The van der Waals surface area contributed by atoms with Crippen LogP contribution in [0.25, 0.3) is 0 Å². The van der Waals surface area contributed by atoms with Crippen LogP contribution in [0.1, 0.15) is 31.5 Å². The molecule has 2 rings (SSSR count). The zero-order valence-corrected chi connectivity index (χ0v) is 13.4. The average molecular weight is 361 g/mol. The largest absolute Gasteiger partial charge is 0.404 e. The second kappa shape index (κ2) is 6.52. The standard InChI is InChI=1S/C12H17BrN4O4/c1-7-10(13)11(17(19)20)15-16(7)8(2)12(18)14-6-9-4-3-5-21-9/h8-9H,3-6H2,1-2H3,(H,14,18)/t8-,9+/m1/s1. The highest BCUT2D eigenvalue weighted by Crippen LogP contribution is 2.29. The Morgan fingerprint density at radius 2 is 2.43 bits per heavy atom. The molecule has 1 aromatic heterocycles. The van der Waals surface area contributed by atoms with Crippen molar-refractivity contribution in [2.75, 3.05) is 13.2 Å². The highest BCUT2D eigenvalue weighted by molar-refractivity contribution is 9.10. The molecular weight excluding hydrogens is 344 g/mol. The molecule has 1 fully saturated rings. The quantitative estimate of drug-likeness (QED) is 0.636. The molecule has 8 nitrogen and oxygen atoms in total. The maximum atomic E-state index is 12.1. The Hall–Kier alpha value is -1.48. The first-order valence-corrected chi connectivity index (χ1v) is 7.49. The smallest absolute Gasteiger partial charge is 0.376 e. The highest BCUT2D eigenvalue weighted by atomic mass is 79.9. The Morgan fingerprint density at radius 3 is 2.95 bits per heavy atom. The number of carbonyl (C=O) groups is 1. The van der Waals surface area contributed by atoms with Crippen LogP contribution in [0.4, 0.5) is 5.82 Å². The number of nitrogens with one attached hydrogen (secondary N) is 1. The van der Waals surface area contributed by atoms with Crippen molar-refractivity contribution < 1.29 is 14.5 Å². The summed E-state index contributed by atoms with van der Waals surface area (Å²) in [5.41, 5.74) is 0.543. The number of amides is 1. The molecule has 0 bridgehead atoms. The third-order valence-electron chi connectivity index (χ3n) is 3.51. The van der Waals surface area contributed by atoms with E-state index in [1.807, 2.05) is 0 Å². The Kier molecular flexibility index (Phi) is 4.94. The van der Waals surface area contributed by atoms with Crippen LogP contribution >= 0.6 is 15.9 Å². The average Bonchev–Trinajstić information content (AvgIpc) is 3.05. The molecule has 0 aromatic carbocycles. The van der Waals surface area contributed by atoms with Crippen LogP contribution in [0.2, 0.25) is 0 Å². The van der Waals surface area contributed by atoms with Crippen molar-refractivity contribution in [1.29, 1.82) is 0 Å². The van der Waals surface area contributed by atoms with E-state index in [2.05, 4.69) is 26.3 Å². The molecule has 1 aromatic rings. The minimum atomic E-state index is -0.628. The predicted octanol–water partition coefficient (Wildman–Crippen LogP) is 1.72. The fourth-order valence-electron chi connectivity index (χ4n) is 2.26. The SMILES string of the molecule is Cc1c(Br)c([N+](=O)[O-])nn1[C@H](C)C(=O)NC[C@@H]1CCCO1. The second-order valence-electron chi connectivity index (χ2n) is 4.98. The van der Waals surface area contributed by atoms with E-state index in [0.29, 0.717) is 16.7 Å². The molecule has 2 heterocycles. The van der Waals surface area contributed by atoms with Crippen LogP contribution < -0.4 is 5.32 Å². The molecule has 1 aliphatic rings. The zero-order chi connectivity index (χ0) is 15.6. The first kappa shape index (κ1) is 15.9. The van der Waals surface area contributed by atoms with E-state index in [1.54, 1.807) is 13.8 Å². The number of hydrogen-bond acceptors (Lipinski definition) is 5. The summed E-state index contributed by atoms with van der Waals surface area (Å²) >= 11 is 3.14. The van der Waals surface area contributed by atoms with Gasteiger partial charge >= 0.3 is 5.82 Å². The minimum Gasteiger partial charge on any atom is -0.376 e. The molecule has 1 N–H and O–H groups in total. The Balaban J connectivity index is 2.04. The second-order valence-corrected chi connectivity index (χ2v) is 5.77. The highest BCUT2D eigenvalue weighted by Gasteiger charge is 2.29. The fourth-order valence-corrected chi connectivity index (χ4v) is 2.66. The third-order valence-corrected chi connectivity index (χ3v) is 4.44. The first-order valence-electron chi connectivity index (χ1n) is 6.70. The van der Waals surface area contributed by atoms with Crippen molar-refractivity contribution in [2.45, 2.75) is 38.8 Å². The number of nitro groups is 1. The van der Waals surface area contributed by atoms with E-state index in [9.17, 15) is 14.9 Å². The Bertz CT molecular complexity index is 554. The maximum Gasteiger partial charge on any atom is 0.404 e. The number of hydrogen-bond donors (Lipinski definition) is 1. The van der Waals surface area contributed by atoms with Gasteiger partial charge in [0.25, 0.3) is 0 Å². The van der Waals surface area contributed by atoms with E-state index in [-0.39, 0.29) is 17.8 Å². The van der Waals surface area contributed by atoms with Gasteiger partial charge in [-0.15, -0.1) is 0 Å². The Labute approximate surface area is 130 Å². The number of ether oxygens (including phenoxy) is 1. The topological polar surface area (TPSA) is 99.3 Å². The van der Waals surface area contributed by atoms with Crippen LogP contribution in [0, 0.1) is 17.0 Å². The van der Waals surface area contributed by atoms with Crippen molar-refractivity contribution in [3.8, 4) is 0 Å². The molecular formula is C12H17BrN4O4. The number of rotatable bonds is 5. The van der Waals surface area contributed by atoms with Crippen LogP contribution in [0.15, 0.2) is 4.47 Å². The molecule has 1 aliphatic heterocycles. The molecule has 0 saturated carbocycles. The van der Waals surface area contributed by atoms with Gasteiger partial charge in [-0.05, 0) is 47.5 Å². The van der Waals surface area contributed by atoms with Crippen molar-refractivity contribution in [3.63, 3.8) is 0 Å². The van der Waals surface area contributed by atoms with Crippen molar-refractivity contribution in [1.82, 2.24) is 15.1 Å². The van der Waals surface area contributed by atoms with Gasteiger partial charge in [0.05, 0.1) is 16.9 Å². The maximum absolute atomic E-state index is 12.1. The molecule has 0 aliphatic carbocycles.